The van der Waals surface area contributed by atoms with Crippen molar-refractivity contribution in [1.82, 2.24) is 40.5 Å². The van der Waals surface area contributed by atoms with Gasteiger partial charge in [-0.2, -0.15) is 0 Å². The second kappa shape index (κ2) is 22.9. The van der Waals surface area contributed by atoms with Crippen LogP contribution in [-0.4, -0.2) is 179 Å². The van der Waals surface area contributed by atoms with Gasteiger partial charge in [0, 0.05) is 70.4 Å². The Hall–Kier alpha value is -5.66. The van der Waals surface area contributed by atoms with Crippen molar-refractivity contribution < 1.29 is 62.3 Å². The van der Waals surface area contributed by atoms with Crippen molar-refractivity contribution in [3.05, 3.63) is 53.5 Å². The minimum atomic E-state index is -3.18. The van der Waals surface area contributed by atoms with Crippen molar-refractivity contribution in [2.24, 2.45) is 0 Å². The standard InChI is InChI=1S/C36H51F2N9O11/c1-24(33(52)47-23-36(37,38)21-29(47)39-3)43-32(51)26-6-8-40-27(20-26)22-42-31(50)7-16-57-18-19-58-17-9-41-30(49)5-4-28(34(53)54)45-12-10-44(25(2)48)11-14-46(15-13-45)35(55)56/h6,8,20,24,28-29,48H,2,4-5,7,9-19,21-23H2,1H3,(H,41,49)(H,42,50)(H,43,51)(H,53,54)(H,55,56)/t24-,28?,29-/m0/s1. The van der Waals surface area contributed by atoms with Crippen LogP contribution < -0.4 is 16.0 Å². The van der Waals surface area contributed by atoms with Crippen molar-refractivity contribution in [3.63, 3.8) is 0 Å². The summed E-state index contributed by atoms with van der Waals surface area (Å²) >= 11 is 0. The minimum Gasteiger partial charge on any atom is -0.495 e. The number of aromatic nitrogens is 1. The second-order valence-electron chi connectivity index (χ2n) is 13.6. The van der Waals surface area contributed by atoms with Gasteiger partial charge in [-0.25, -0.2) is 20.1 Å². The molecule has 58 heavy (non-hydrogen) atoms. The van der Waals surface area contributed by atoms with Crippen LogP contribution in [0.3, 0.4) is 0 Å². The van der Waals surface area contributed by atoms with E-state index in [-0.39, 0.29) is 115 Å². The van der Waals surface area contributed by atoms with Crippen LogP contribution in [0, 0.1) is 6.57 Å². The molecule has 0 bridgehead atoms. The van der Waals surface area contributed by atoms with Crippen LogP contribution in [-0.2, 0) is 35.2 Å². The van der Waals surface area contributed by atoms with Gasteiger partial charge in [0.25, 0.3) is 17.7 Å². The summed E-state index contributed by atoms with van der Waals surface area (Å²) in [5, 5.41) is 37.0. The third-order valence-electron chi connectivity index (χ3n) is 9.31. The molecule has 1 aromatic rings. The lowest BCUT2D eigenvalue weighted by molar-refractivity contribution is -0.144. The number of hydrogen-bond acceptors (Lipinski definition) is 12. The molecule has 20 nitrogen and oxygen atoms in total. The Balaban J connectivity index is 1.27. The van der Waals surface area contributed by atoms with Crippen LogP contribution in [0.1, 0.15) is 48.7 Å². The molecule has 5 amide bonds. The summed E-state index contributed by atoms with van der Waals surface area (Å²) in [5.74, 6) is -6.81. The molecular weight excluding hydrogens is 772 g/mol. The van der Waals surface area contributed by atoms with Gasteiger partial charge in [0.2, 0.25) is 11.8 Å². The summed E-state index contributed by atoms with van der Waals surface area (Å²) in [4.78, 5) is 86.0. The molecule has 0 spiro atoms. The van der Waals surface area contributed by atoms with Gasteiger partial charge in [-0.1, -0.05) is 0 Å². The first-order valence-corrected chi connectivity index (χ1v) is 18.6. The van der Waals surface area contributed by atoms with Gasteiger partial charge in [-0.15, -0.1) is 0 Å². The minimum absolute atomic E-state index is 0.0125. The van der Waals surface area contributed by atoms with Crippen LogP contribution in [0.4, 0.5) is 13.6 Å². The zero-order chi connectivity index (χ0) is 42.8. The lowest BCUT2D eigenvalue weighted by atomic mass is 10.1. The highest BCUT2D eigenvalue weighted by Crippen LogP contribution is 2.33. The monoisotopic (exact) mass is 823 g/mol. The van der Waals surface area contributed by atoms with Gasteiger partial charge in [-0.3, -0.25) is 43.6 Å². The summed E-state index contributed by atoms with van der Waals surface area (Å²) in [6, 6.07) is 0.556. The van der Waals surface area contributed by atoms with E-state index in [1.165, 1.54) is 30.2 Å². The molecule has 2 saturated heterocycles. The van der Waals surface area contributed by atoms with Crippen molar-refractivity contribution in [1.29, 1.82) is 0 Å². The number of nitrogens with one attached hydrogen (secondary N) is 3. The van der Waals surface area contributed by atoms with E-state index >= 15 is 0 Å². The number of carbonyl (C=O) groups is 6. The van der Waals surface area contributed by atoms with E-state index in [0.717, 1.165) is 9.80 Å². The molecule has 0 aliphatic carbocycles. The SMILES string of the molecule is [C-]#[N+][C@@H]1CC(F)(F)CN1C(=O)[C@H](C)NC(=O)c1ccnc(CNC(=O)CCOCCOCCNC(=O)CCC(C(=O)O)N2CCN(C(=C)O)CCN(C(=O)O)CC2)c1. The Kier molecular flexibility index (Phi) is 18.5. The first kappa shape index (κ1) is 46.7. The number of aliphatic hydroxyl groups excluding tert-OH is 1. The molecule has 2 aliphatic heterocycles. The molecular formula is C36H51F2N9O11. The third-order valence-corrected chi connectivity index (χ3v) is 9.31. The van der Waals surface area contributed by atoms with E-state index in [9.17, 15) is 52.9 Å². The number of carboxylic acids is 1. The molecule has 0 saturated carbocycles. The first-order chi connectivity index (χ1) is 27.5. The van der Waals surface area contributed by atoms with E-state index in [2.05, 4.69) is 32.4 Å². The Labute approximate surface area is 333 Å². The summed E-state index contributed by atoms with van der Waals surface area (Å²) in [6.45, 7) is 12.6. The van der Waals surface area contributed by atoms with Crippen molar-refractivity contribution in [2.75, 3.05) is 78.8 Å². The van der Waals surface area contributed by atoms with Crippen LogP contribution >= 0.6 is 0 Å². The summed E-state index contributed by atoms with van der Waals surface area (Å²) in [5.41, 5.74) is 0.465. The number of alkyl halides is 2. The second-order valence-corrected chi connectivity index (χ2v) is 13.6. The number of carbonyl (C=O) groups excluding carboxylic acids is 4. The average molecular weight is 824 g/mol. The smallest absolute Gasteiger partial charge is 0.407 e. The quantitative estimate of drug-likeness (QED) is 0.0590. The number of nitrogens with zero attached hydrogens (tertiary/aromatic N) is 6. The molecule has 3 rings (SSSR count). The Morgan fingerprint density at radius 2 is 1.60 bits per heavy atom. The zero-order valence-electron chi connectivity index (χ0n) is 32.2. The number of aliphatic hydroxyl groups is 1. The fourth-order valence-electron chi connectivity index (χ4n) is 6.12. The van der Waals surface area contributed by atoms with Crippen LogP contribution in [0.15, 0.2) is 30.8 Å². The van der Waals surface area contributed by atoms with Crippen LogP contribution in [0.5, 0.6) is 0 Å². The van der Waals surface area contributed by atoms with E-state index in [0.29, 0.717) is 5.69 Å². The van der Waals surface area contributed by atoms with Crippen molar-refractivity contribution in [2.45, 2.75) is 63.3 Å². The molecule has 3 atom stereocenters. The van der Waals surface area contributed by atoms with Gasteiger partial charge >= 0.3 is 18.2 Å². The first-order valence-electron chi connectivity index (χ1n) is 18.6. The normalized spacial score (nSPS) is 18.1. The summed E-state index contributed by atoms with van der Waals surface area (Å²) in [7, 11) is 0. The fourth-order valence-corrected chi connectivity index (χ4v) is 6.12. The lowest BCUT2D eigenvalue weighted by Gasteiger charge is -2.30. The topological polar surface area (TPSA) is 248 Å². The maximum Gasteiger partial charge on any atom is 0.407 e. The van der Waals surface area contributed by atoms with Crippen LogP contribution in [0.25, 0.3) is 4.85 Å². The lowest BCUT2D eigenvalue weighted by Crippen LogP contribution is -2.48. The molecule has 1 aromatic heterocycles. The predicted octanol–water partition coefficient (Wildman–Crippen LogP) is 0.329. The number of amides is 5. The molecule has 0 radical (unpaired) electrons. The molecule has 22 heteroatoms. The highest BCUT2D eigenvalue weighted by Gasteiger charge is 2.51. The predicted molar refractivity (Wildman–Crippen MR) is 199 cm³/mol. The highest BCUT2D eigenvalue weighted by molar-refractivity contribution is 5.97. The fraction of sp³-hybridized carbons (Fsp3) is 0.611. The number of rotatable bonds is 20. The zero-order valence-corrected chi connectivity index (χ0v) is 32.2. The van der Waals surface area contributed by atoms with E-state index in [1.54, 1.807) is 4.90 Å². The average Bonchev–Trinajstić information content (AvgIpc) is 3.55. The van der Waals surface area contributed by atoms with Gasteiger partial charge in [-0.05, 0) is 32.1 Å². The largest absolute Gasteiger partial charge is 0.495 e. The van der Waals surface area contributed by atoms with Gasteiger partial charge < -0.3 is 50.5 Å². The Morgan fingerprint density at radius 1 is 0.966 bits per heavy atom. The van der Waals surface area contributed by atoms with Crippen LogP contribution in [0.2, 0.25) is 0 Å². The molecule has 2 fully saturated rings. The Morgan fingerprint density at radius 3 is 2.26 bits per heavy atom. The molecule has 2 aliphatic rings. The molecule has 320 valence electrons. The summed E-state index contributed by atoms with van der Waals surface area (Å²) < 4.78 is 38.4. The van der Waals surface area contributed by atoms with Gasteiger partial charge in [0.1, 0.15) is 18.5 Å². The van der Waals surface area contributed by atoms with E-state index in [4.69, 9.17) is 16.0 Å². The molecule has 6 N–H and O–H groups in total. The molecule has 3 heterocycles. The van der Waals surface area contributed by atoms with E-state index < -0.39 is 66.9 Å². The van der Waals surface area contributed by atoms with Gasteiger partial charge in [0.05, 0.1) is 45.2 Å². The molecule has 0 aromatic carbocycles. The highest BCUT2D eigenvalue weighted by atomic mass is 19.3. The maximum absolute atomic E-state index is 13.8. The van der Waals surface area contributed by atoms with Gasteiger partial charge in [0.15, 0.2) is 5.88 Å². The van der Waals surface area contributed by atoms with Crippen molar-refractivity contribution >= 4 is 35.7 Å². The number of pyridine rings is 1. The maximum atomic E-state index is 13.8. The Bertz CT molecular complexity index is 1640. The number of ether oxygens (including phenoxy) is 2. The number of carboxylic acid groups (broad SMARTS) is 2. The summed E-state index contributed by atoms with van der Waals surface area (Å²) in [6.07, 6.45) is -2.02. The number of hydrogen-bond donors (Lipinski definition) is 6. The third kappa shape index (κ3) is 15.4. The number of likely N-dealkylation sites (tertiary alicyclic amines) is 1. The molecule has 1 unspecified atom stereocenters. The van der Waals surface area contributed by atoms with Crippen molar-refractivity contribution in [3.8, 4) is 0 Å². The van der Waals surface area contributed by atoms with E-state index in [1.807, 2.05) is 0 Å². The number of halogens is 2. The number of aliphatic carboxylic acids is 1.